The van der Waals surface area contributed by atoms with Gasteiger partial charge in [0.1, 0.15) is 12.0 Å². The minimum Gasteiger partial charge on any atom is -0.334 e. The summed E-state index contributed by atoms with van der Waals surface area (Å²) in [5.74, 6) is -2.51. The lowest BCUT2D eigenvalue weighted by molar-refractivity contribution is 0.0172. The van der Waals surface area contributed by atoms with Gasteiger partial charge in [0.25, 0.3) is 5.92 Å². The van der Waals surface area contributed by atoms with E-state index < -0.39 is 17.8 Å². The molecule has 6 nitrogen and oxygen atoms in total. The summed E-state index contributed by atoms with van der Waals surface area (Å²) in [4.78, 5) is 27.9. The van der Waals surface area contributed by atoms with Crippen LogP contribution in [0.2, 0.25) is 0 Å². The van der Waals surface area contributed by atoms with Crippen molar-refractivity contribution in [1.82, 2.24) is 19.5 Å². The average molecular weight is 468 g/mol. The molecule has 0 amide bonds. The van der Waals surface area contributed by atoms with Crippen molar-refractivity contribution in [2.75, 3.05) is 18.0 Å². The summed E-state index contributed by atoms with van der Waals surface area (Å²) in [6, 6.07) is 1.96. The lowest BCUT2D eigenvalue weighted by atomic mass is 10.0. The molecule has 31 heavy (non-hydrogen) atoms. The predicted molar refractivity (Wildman–Crippen MR) is 116 cm³/mol. The Hall–Kier alpha value is -2.53. The molecule has 0 saturated heterocycles. The lowest BCUT2D eigenvalue weighted by Gasteiger charge is -2.29. The number of thiazole rings is 1. The van der Waals surface area contributed by atoms with Crippen molar-refractivity contribution in [2.24, 2.45) is 0 Å². The van der Waals surface area contributed by atoms with Crippen LogP contribution in [0.15, 0.2) is 28.5 Å². The molecule has 0 bridgehead atoms. The molecule has 1 unspecified atom stereocenters. The summed E-state index contributed by atoms with van der Waals surface area (Å²) >= 11 is 2.41. The number of aromatic nitrogens is 4. The first-order chi connectivity index (χ1) is 14.6. The molecule has 0 saturated carbocycles. The molecule has 0 aliphatic carbocycles. The van der Waals surface area contributed by atoms with E-state index in [0.29, 0.717) is 22.8 Å². The molecule has 0 aromatic carbocycles. The van der Waals surface area contributed by atoms with Crippen molar-refractivity contribution < 1.29 is 13.2 Å². The Bertz CT molecular complexity index is 1190. The van der Waals surface area contributed by atoms with Gasteiger partial charge in [-0.15, -0.1) is 22.7 Å². The SMILES string of the molecule is Cc1cc(C2=CCN(c3nc(C)n(Cc4cnc(C(C)(F)F)s4)c(=O)n3)CC2F)cs1. The molecule has 1 aliphatic rings. The molecule has 0 fully saturated rings. The van der Waals surface area contributed by atoms with Gasteiger partial charge < -0.3 is 4.90 Å². The van der Waals surface area contributed by atoms with Crippen LogP contribution < -0.4 is 10.6 Å². The number of anilines is 1. The molecule has 3 aromatic heterocycles. The molecule has 4 heterocycles. The van der Waals surface area contributed by atoms with Gasteiger partial charge in [0.05, 0.1) is 13.1 Å². The van der Waals surface area contributed by atoms with Crippen LogP contribution in [-0.4, -0.2) is 38.8 Å². The van der Waals surface area contributed by atoms with Crippen molar-refractivity contribution in [3.63, 3.8) is 0 Å². The molecular weight excluding hydrogens is 447 g/mol. The van der Waals surface area contributed by atoms with Crippen molar-refractivity contribution in [1.29, 1.82) is 0 Å². The Labute approximate surface area is 184 Å². The topological polar surface area (TPSA) is 63.9 Å². The van der Waals surface area contributed by atoms with Crippen molar-refractivity contribution in [2.45, 2.75) is 39.4 Å². The third-order valence-corrected chi connectivity index (χ3v) is 6.93. The zero-order valence-electron chi connectivity index (χ0n) is 17.1. The molecule has 0 radical (unpaired) electrons. The normalized spacial score (nSPS) is 17.2. The van der Waals surface area contributed by atoms with Gasteiger partial charge in [0.2, 0.25) is 5.95 Å². The largest absolute Gasteiger partial charge is 0.352 e. The Kier molecular flexibility index (Phi) is 5.73. The zero-order valence-corrected chi connectivity index (χ0v) is 18.7. The predicted octanol–water partition coefficient (Wildman–Crippen LogP) is 4.17. The molecule has 3 aromatic rings. The number of aryl methyl sites for hydroxylation is 2. The number of hydrogen-bond acceptors (Lipinski definition) is 7. The van der Waals surface area contributed by atoms with Crippen molar-refractivity contribution >= 4 is 34.2 Å². The highest BCUT2D eigenvalue weighted by Crippen LogP contribution is 2.31. The monoisotopic (exact) mass is 467 g/mol. The highest BCUT2D eigenvalue weighted by Gasteiger charge is 2.29. The van der Waals surface area contributed by atoms with Gasteiger partial charge in [-0.1, -0.05) is 6.08 Å². The second-order valence-electron chi connectivity index (χ2n) is 7.44. The number of alkyl halides is 3. The minimum absolute atomic E-state index is 0.0476. The minimum atomic E-state index is -3.03. The van der Waals surface area contributed by atoms with Crippen LogP contribution in [0.3, 0.4) is 0 Å². The van der Waals surface area contributed by atoms with Gasteiger partial charge in [0, 0.05) is 29.4 Å². The first kappa shape index (κ1) is 21.7. The smallest absolute Gasteiger partial charge is 0.334 e. The van der Waals surface area contributed by atoms with E-state index >= 15 is 0 Å². The van der Waals surface area contributed by atoms with E-state index in [1.807, 2.05) is 18.4 Å². The van der Waals surface area contributed by atoms with Crippen LogP contribution >= 0.6 is 22.7 Å². The van der Waals surface area contributed by atoms with E-state index in [-0.39, 0.29) is 24.0 Å². The van der Waals surface area contributed by atoms with E-state index in [2.05, 4.69) is 15.0 Å². The fourth-order valence-electron chi connectivity index (χ4n) is 3.34. The van der Waals surface area contributed by atoms with Crippen LogP contribution in [-0.2, 0) is 12.5 Å². The quantitative estimate of drug-likeness (QED) is 0.564. The molecular formula is C20H20F3N5OS2. The van der Waals surface area contributed by atoms with Gasteiger partial charge in [0.15, 0.2) is 5.01 Å². The number of halogens is 3. The first-order valence-corrected chi connectivity index (χ1v) is 11.2. The van der Waals surface area contributed by atoms with E-state index in [1.165, 1.54) is 10.8 Å². The third-order valence-electron chi connectivity index (χ3n) is 4.92. The molecule has 1 aliphatic heterocycles. The molecule has 164 valence electrons. The van der Waals surface area contributed by atoms with Crippen LogP contribution in [0.4, 0.5) is 19.1 Å². The third kappa shape index (κ3) is 4.57. The highest BCUT2D eigenvalue weighted by atomic mass is 32.1. The summed E-state index contributed by atoms with van der Waals surface area (Å²) in [5.41, 5.74) is 0.947. The van der Waals surface area contributed by atoms with Crippen molar-refractivity contribution in [3.05, 3.63) is 60.4 Å². The second-order valence-corrected chi connectivity index (χ2v) is 9.67. The maximum Gasteiger partial charge on any atom is 0.352 e. The zero-order chi connectivity index (χ0) is 22.3. The fraction of sp³-hybridized carbons (Fsp3) is 0.400. The highest BCUT2D eigenvalue weighted by molar-refractivity contribution is 7.11. The fourth-order valence-corrected chi connectivity index (χ4v) is 4.88. The number of nitrogens with zero attached hydrogens (tertiary/aromatic N) is 5. The molecule has 0 spiro atoms. The van der Waals surface area contributed by atoms with Crippen molar-refractivity contribution in [3.8, 4) is 0 Å². The maximum atomic E-state index is 14.8. The summed E-state index contributed by atoms with van der Waals surface area (Å²) < 4.78 is 42.9. The molecule has 4 rings (SSSR count). The van der Waals surface area contributed by atoms with Gasteiger partial charge in [-0.2, -0.15) is 18.7 Å². The summed E-state index contributed by atoms with van der Waals surface area (Å²) in [7, 11) is 0. The molecule has 1 atom stereocenters. The lowest BCUT2D eigenvalue weighted by Crippen LogP contribution is -2.39. The molecule has 11 heteroatoms. The van der Waals surface area contributed by atoms with Crippen LogP contribution in [0, 0.1) is 13.8 Å². The van der Waals surface area contributed by atoms with E-state index in [4.69, 9.17) is 0 Å². The van der Waals surface area contributed by atoms with E-state index in [1.54, 1.807) is 29.2 Å². The Morgan fingerprint density at radius 3 is 2.65 bits per heavy atom. The van der Waals surface area contributed by atoms with Crippen LogP contribution in [0.1, 0.15) is 33.1 Å². The second kappa shape index (κ2) is 8.19. The Balaban J connectivity index is 1.54. The van der Waals surface area contributed by atoms with E-state index in [9.17, 15) is 18.0 Å². The molecule has 0 N–H and O–H groups in total. The Morgan fingerprint density at radius 1 is 1.29 bits per heavy atom. The Morgan fingerprint density at radius 2 is 2.06 bits per heavy atom. The van der Waals surface area contributed by atoms with Gasteiger partial charge in [-0.25, -0.2) is 14.2 Å². The van der Waals surface area contributed by atoms with Crippen LogP contribution in [0.5, 0.6) is 0 Å². The number of thiophene rings is 1. The van der Waals surface area contributed by atoms with Gasteiger partial charge in [-0.3, -0.25) is 4.57 Å². The summed E-state index contributed by atoms with van der Waals surface area (Å²) in [6.45, 7) is 4.87. The summed E-state index contributed by atoms with van der Waals surface area (Å²) in [5, 5.41) is 1.63. The van der Waals surface area contributed by atoms with Crippen LogP contribution in [0.25, 0.3) is 5.57 Å². The average Bonchev–Trinajstić information content (AvgIpc) is 3.33. The van der Waals surface area contributed by atoms with E-state index in [0.717, 1.165) is 28.7 Å². The summed E-state index contributed by atoms with van der Waals surface area (Å²) in [6.07, 6.45) is 1.90. The first-order valence-electron chi connectivity index (χ1n) is 9.55. The number of hydrogen-bond donors (Lipinski definition) is 0. The standard InChI is InChI=1S/C20H20F3N5OS2/c1-11-6-13(10-30-11)15-4-5-27(9-16(15)21)18-25-12(2)28(19(29)26-18)8-14-7-24-17(31-14)20(3,22)23/h4,6-7,10,16H,5,8-9H2,1-3H3. The maximum absolute atomic E-state index is 14.8. The number of rotatable bonds is 5. The van der Waals surface area contributed by atoms with Gasteiger partial charge in [-0.05, 0) is 36.4 Å². The van der Waals surface area contributed by atoms with Gasteiger partial charge >= 0.3 is 5.69 Å².